The number of piperazine rings is 1. The lowest BCUT2D eigenvalue weighted by molar-refractivity contribution is 0.0642. The van der Waals surface area contributed by atoms with Crippen molar-refractivity contribution in [3.63, 3.8) is 0 Å². The van der Waals surface area contributed by atoms with Crippen LogP contribution in [-0.4, -0.2) is 50.3 Å². The van der Waals surface area contributed by atoms with Crippen molar-refractivity contribution in [2.75, 3.05) is 44.2 Å². The van der Waals surface area contributed by atoms with E-state index in [0.717, 1.165) is 12.0 Å². The molecule has 1 saturated heterocycles. The Morgan fingerprint density at radius 1 is 1.07 bits per heavy atom. The first-order valence-electron chi connectivity index (χ1n) is 9.84. The third-order valence-corrected chi connectivity index (χ3v) is 4.99. The van der Waals surface area contributed by atoms with Gasteiger partial charge < -0.3 is 19.9 Å². The molecule has 0 spiro atoms. The van der Waals surface area contributed by atoms with Gasteiger partial charge in [-0.1, -0.05) is 42.5 Å². The number of nitrogens with zero attached hydrogens (tertiary/aromatic N) is 2. The van der Waals surface area contributed by atoms with Gasteiger partial charge in [0, 0.05) is 39.3 Å². The smallest absolute Gasteiger partial charge is 0.317 e. The molecule has 2 aromatic rings. The lowest BCUT2D eigenvalue weighted by atomic mass is 10.1. The number of para-hydroxylation sites is 1. The minimum atomic E-state index is -0.217. The number of ether oxygens (including phenoxy) is 1. The molecule has 6 heteroatoms. The van der Waals surface area contributed by atoms with Gasteiger partial charge in [-0.2, -0.15) is 0 Å². The molecule has 1 N–H and O–H groups in total. The van der Waals surface area contributed by atoms with Crippen molar-refractivity contribution < 1.29 is 13.9 Å². The van der Waals surface area contributed by atoms with Gasteiger partial charge in [0.2, 0.25) is 0 Å². The maximum Gasteiger partial charge on any atom is 0.317 e. The monoisotopic (exact) mass is 385 g/mol. The van der Waals surface area contributed by atoms with Crippen molar-refractivity contribution in [2.24, 2.45) is 0 Å². The summed E-state index contributed by atoms with van der Waals surface area (Å²) < 4.78 is 19.7. The molecule has 2 aromatic carbocycles. The highest BCUT2D eigenvalue weighted by Crippen LogP contribution is 2.20. The van der Waals surface area contributed by atoms with Crippen LogP contribution in [0, 0.1) is 5.82 Å². The summed E-state index contributed by atoms with van der Waals surface area (Å²) in [5.74, 6) is -0.217. The Kier molecular flexibility index (Phi) is 7.25. The number of carbonyl (C=O) groups is 1. The zero-order chi connectivity index (χ0) is 19.8. The molecular weight excluding hydrogens is 357 g/mol. The van der Waals surface area contributed by atoms with Crippen LogP contribution in [-0.2, 0) is 4.74 Å². The SMILES string of the molecule is CC(OCCCNC(=O)N1CCN(c2ccccc2F)CC1)c1ccccc1. The van der Waals surface area contributed by atoms with Crippen molar-refractivity contribution >= 4 is 11.7 Å². The first kappa shape index (κ1) is 20.1. The number of hydrogen-bond acceptors (Lipinski definition) is 3. The summed E-state index contributed by atoms with van der Waals surface area (Å²) >= 11 is 0. The van der Waals surface area contributed by atoms with Gasteiger partial charge in [-0.05, 0) is 31.0 Å². The molecule has 0 radical (unpaired) electrons. The van der Waals surface area contributed by atoms with Crippen LogP contribution < -0.4 is 10.2 Å². The first-order valence-corrected chi connectivity index (χ1v) is 9.84. The van der Waals surface area contributed by atoms with E-state index in [1.807, 2.05) is 48.2 Å². The molecule has 0 aromatic heterocycles. The third kappa shape index (κ3) is 5.45. The van der Waals surface area contributed by atoms with Gasteiger partial charge in [-0.3, -0.25) is 0 Å². The molecule has 1 unspecified atom stereocenters. The largest absolute Gasteiger partial charge is 0.374 e. The molecule has 1 aliphatic heterocycles. The minimum absolute atomic E-state index is 0.0448. The summed E-state index contributed by atoms with van der Waals surface area (Å²) in [4.78, 5) is 16.1. The molecule has 1 fully saturated rings. The number of rotatable bonds is 7. The highest BCUT2D eigenvalue weighted by Gasteiger charge is 2.22. The predicted octanol–water partition coefficient (Wildman–Crippen LogP) is 3.83. The molecule has 0 saturated carbocycles. The van der Waals surface area contributed by atoms with Crippen LogP contribution in [0.3, 0.4) is 0 Å². The Hall–Kier alpha value is -2.60. The van der Waals surface area contributed by atoms with E-state index in [0.29, 0.717) is 45.0 Å². The van der Waals surface area contributed by atoms with Crippen molar-refractivity contribution in [1.29, 1.82) is 0 Å². The highest BCUT2D eigenvalue weighted by atomic mass is 19.1. The fourth-order valence-electron chi connectivity index (χ4n) is 3.32. The average Bonchev–Trinajstić information content (AvgIpc) is 2.74. The fourth-order valence-corrected chi connectivity index (χ4v) is 3.32. The van der Waals surface area contributed by atoms with E-state index in [-0.39, 0.29) is 18.0 Å². The average molecular weight is 385 g/mol. The van der Waals surface area contributed by atoms with Gasteiger partial charge >= 0.3 is 6.03 Å². The quantitative estimate of drug-likeness (QED) is 0.737. The lowest BCUT2D eigenvalue weighted by Crippen LogP contribution is -2.52. The number of halogens is 1. The summed E-state index contributed by atoms with van der Waals surface area (Å²) in [5.41, 5.74) is 1.76. The molecule has 1 aliphatic rings. The topological polar surface area (TPSA) is 44.8 Å². The van der Waals surface area contributed by atoms with Gasteiger partial charge in [0.1, 0.15) is 5.82 Å². The van der Waals surface area contributed by atoms with Crippen LogP contribution in [0.5, 0.6) is 0 Å². The number of urea groups is 1. The Bertz CT molecular complexity index is 748. The van der Waals surface area contributed by atoms with Gasteiger partial charge in [-0.15, -0.1) is 0 Å². The fraction of sp³-hybridized carbons (Fsp3) is 0.409. The summed E-state index contributed by atoms with van der Waals surface area (Å²) in [6.45, 7) is 5.63. The van der Waals surface area contributed by atoms with E-state index in [1.165, 1.54) is 6.07 Å². The van der Waals surface area contributed by atoms with Crippen LogP contribution in [0.2, 0.25) is 0 Å². The van der Waals surface area contributed by atoms with E-state index in [2.05, 4.69) is 5.32 Å². The van der Waals surface area contributed by atoms with Crippen molar-refractivity contribution in [3.05, 3.63) is 66.0 Å². The summed E-state index contributed by atoms with van der Waals surface area (Å²) in [7, 11) is 0. The van der Waals surface area contributed by atoms with Gasteiger partial charge in [-0.25, -0.2) is 9.18 Å². The third-order valence-electron chi connectivity index (χ3n) is 4.99. The molecule has 2 amide bonds. The second kappa shape index (κ2) is 10.1. The Balaban J connectivity index is 1.32. The number of anilines is 1. The molecule has 0 bridgehead atoms. The van der Waals surface area contributed by atoms with Crippen molar-refractivity contribution in [1.82, 2.24) is 10.2 Å². The van der Waals surface area contributed by atoms with Crippen LogP contribution in [0.1, 0.15) is 25.0 Å². The second-order valence-corrected chi connectivity index (χ2v) is 6.93. The van der Waals surface area contributed by atoms with Crippen LogP contribution in [0.4, 0.5) is 14.9 Å². The molecule has 1 atom stereocenters. The van der Waals surface area contributed by atoms with E-state index in [1.54, 1.807) is 17.0 Å². The minimum Gasteiger partial charge on any atom is -0.374 e. The maximum atomic E-state index is 13.9. The van der Waals surface area contributed by atoms with E-state index in [9.17, 15) is 9.18 Å². The Morgan fingerprint density at radius 2 is 1.75 bits per heavy atom. The normalized spacial score (nSPS) is 15.4. The number of nitrogens with one attached hydrogen (secondary N) is 1. The summed E-state index contributed by atoms with van der Waals surface area (Å²) in [5, 5.41) is 2.95. The molecule has 1 heterocycles. The Morgan fingerprint density at radius 3 is 2.46 bits per heavy atom. The number of carbonyl (C=O) groups excluding carboxylic acids is 1. The van der Waals surface area contributed by atoms with Gasteiger partial charge in [0.05, 0.1) is 11.8 Å². The molecule has 0 aliphatic carbocycles. The van der Waals surface area contributed by atoms with Crippen molar-refractivity contribution in [3.8, 4) is 0 Å². The highest BCUT2D eigenvalue weighted by molar-refractivity contribution is 5.74. The van der Waals surface area contributed by atoms with Gasteiger partial charge in [0.25, 0.3) is 0 Å². The van der Waals surface area contributed by atoms with Crippen LogP contribution in [0.15, 0.2) is 54.6 Å². The number of hydrogen-bond donors (Lipinski definition) is 1. The van der Waals surface area contributed by atoms with Crippen molar-refractivity contribution in [2.45, 2.75) is 19.4 Å². The molecular formula is C22H28FN3O2. The number of benzene rings is 2. The Labute approximate surface area is 166 Å². The molecule has 5 nitrogen and oxygen atoms in total. The second-order valence-electron chi connectivity index (χ2n) is 6.93. The zero-order valence-electron chi connectivity index (χ0n) is 16.3. The van der Waals surface area contributed by atoms with E-state index in [4.69, 9.17) is 4.74 Å². The summed E-state index contributed by atoms with van der Waals surface area (Å²) in [6.07, 6.45) is 0.807. The number of amides is 2. The summed E-state index contributed by atoms with van der Waals surface area (Å²) in [6, 6.07) is 16.8. The van der Waals surface area contributed by atoms with E-state index < -0.39 is 0 Å². The van der Waals surface area contributed by atoms with E-state index >= 15 is 0 Å². The standard InChI is InChI=1S/C22H28FN3O2/c1-18(19-8-3-2-4-9-19)28-17-7-12-24-22(27)26-15-13-25(14-16-26)21-11-6-5-10-20(21)23/h2-6,8-11,18H,7,12-17H2,1H3,(H,24,27). The lowest BCUT2D eigenvalue weighted by Gasteiger charge is -2.36. The van der Waals surface area contributed by atoms with Crippen LogP contribution in [0.25, 0.3) is 0 Å². The predicted molar refractivity (Wildman–Crippen MR) is 109 cm³/mol. The zero-order valence-corrected chi connectivity index (χ0v) is 16.3. The maximum absolute atomic E-state index is 13.9. The molecule has 150 valence electrons. The first-order chi connectivity index (χ1) is 13.6. The van der Waals surface area contributed by atoms with Gasteiger partial charge in [0.15, 0.2) is 0 Å². The van der Waals surface area contributed by atoms with Crippen LogP contribution >= 0.6 is 0 Å². The molecule has 3 rings (SSSR count). The molecule has 28 heavy (non-hydrogen) atoms.